The van der Waals surface area contributed by atoms with Crippen LogP contribution < -0.4 is 5.73 Å². The summed E-state index contributed by atoms with van der Waals surface area (Å²) >= 11 is 0. The van der Waals surface area contributed by atoms with E-state index < -0.39 is 0 Å². The molecule has 1 atom stereocenters. The summed E-state index contributed by atoms with van der Waals surface area (Å²) in [6, 6.07) is 0. The Morgan fingerprint density at radius 1 is 1.60 bits per heavy atom. The van der Waals surface area contributed by atoms with Crippen molar-refractivity contribution in [2.75, 3.05) is 13.2 Å². The predicted octanol–water partition coefficient (Wildman–Crippen LogP) is 1.06. The number of rotatable bonds is 6. The molecule has 0 spiro atoms. The monoisotopic (exact) mass is 211 g/mol. The first kappa shape index (κ1) is 10.6. The zero-order valence-electron chi connectivity index (χ0n) is 8.98. The van der Waals surface area contributed by atoms with Crippen LogP contribution in [0.3, 0.4) is 0 Å². The van der Waals surface area contributed by atoms with Crippen molar-refractivity contribution in [3.8, 4) is 0 Å². The van der Waals surface area contributed by atoms with Gasteiger partial charge in [0, 0.05) is 19.6 Å². The van der Waals surface area contributed by atoms with Crippen LogP contribution in [0.5, 0.6) is 0 Å². The number of ether oxygens (including phenoxy) is 1. The van der Waals surface area contributed by atoms with Crippen molar-refractivity contribution in [3.63, 3.8) is 0 Å². The standard InChI is InChI=1S/C10H17N3O2/c1-2-14-9(7-3-4-7)10-12-8(5-6-11)15-13-10/h7,9H,2-6,11H2,1H3. The van der Waals surface area contributed by atoms with Crippen molar-refractivity contribution in [2.24, 2.45) is 11.7 Å². The average molecular weight is 211 g/mol. The Morgan fingerprint density at radius 2 is 2.40 bits per heavy atom. The van der Waals surface area contributed by atoms with Crippen LogP contribution >= 0.6 is 0 Å². The van der Waals surface area contributed by atoms with E-state index in [0.29, 0.717) is 37.2 Å². The molecular weight excluding hydrogens is 194 g/mol. The number of hydrogen-bond acceptors (Lipinski definition) is 5. The van der Waals surface area contributed by atoms with Crippen LogP contribution in [0.4, 0.5) is 0 Å². The minimum Gasteiger partial charge on any atom is -0.370 e. The van der Waals surface area contributed by atoms with Crippen molar-refractivity contribution in [3.05, 3.63) is 11.7 Å². The fourth-order valence-electron chi connectivity index (χ4n) is 1.61. The third-order valence-corrected chi connectivity index (χ3v) is 2.49. The number of nitrogens with two attached hydrogens (primary N) is 1. The molecule has 0 radical (unpaired) electrons. The maximum absolute atomic E-state index is 5.63. The first-order chi connectivity index (χ1) is 7.35. The van der Waals surface area contributed by atoms with E-state index >= 15 is 0 Å². The fraction of sp³-hybridized carbons (Fsp3) is 0.800. The summed E-state index contributed by atoms with van der Waals surface area (Å²) in [6.45, 7) is 3.20. The molecule has 1 saturated carbocycles. The summed E-state index contributed by atoms with van der Waals surface area (Å²) in [7, 11) is 0. The summed E-state index contributed by atoms with van der Waals surface area (Å²) in [6.07, 6.45) is 3.05. The number of nitrogens with zero attached hydrogens (tertiary/aromatic N) is 2. The lowest BCUT2D eigenvalue weighted by molar-refractivity contribution is 0.0384. The van der Waals surface area contributed by atoms with Gasteiger partial charge >= 0.3 is 0 Å². The van der Waals surface area contributed by atoms with Crippen LogP contribution in [-0.4, -0.2) is 23.3 Å². The number of aromatic nitrogens is 2. The van der Waals surface area contributed by atoms with E-state index in [9.17, 15) is 0 Å². The van der Waals surface area contributed by atoms with E-state index in [2.05, 4.69) is 10.1 Å². The van der Waals surface area contributed by atoms with E-state index in [4.69, 9.17) is 15.0 Å². The maximum Gasteiger partial charge on any atom is 0.228 e. The Labute approximate surface area is 89.0 Å². The fourth-order valence-corrected chi connectivity index (χ4v) is 1.61. The second-order valence-electron chi connectivity index (χ2n) is 3.80. The first-order valence-corrected chi connectivity index (χ1v) is 5.49. The Hall–Kier alpha value is -0.940. The molecule has 1 heterocycles. The Morgan fingerprint density at radius 3 is 3.00 bits per heavy atom. The normalized spacial score (nSPS) is 18.0. The smallest absolute Gasteiger partial charge is 0.228 e. The van der Waals surface area contributed by atoms with Crippen molar-refractivity contribution in [1.82, 2.24) is 10.1 Å². The van der Waals surface area contributed by atoms with Gasteiger partial charge in [-0.2, -0.15) is 4.98 Å². The van der Waals surface area contributed by atoms with E-state index in [1.54, 1.807) is 0 Å². The van der Waals surface area contributed by atoms with E-state index in [0.717, 1.165) is 0 Å². The minimum atomic E-state index is 0.0188. The average Bonchev–Trinajstić information content (AvgIpc) is 2.96. The largest absolute Gasteiger partial charge is 0.370 e. The highest BCUT2D eigenvalue weighted by Gasteiger charge is 2.36. The molecule has 1 aliphatic carbocycles. The SMILES string of the molecule is CCOC(c1noc(CCN)n1)C1CC1. The minimum absolute atomic E-state index is 0.0188. The van der Waals surface area contributed by atoms with E-state index in [1.807, 2.05) is 6.92 Å². The zero-order valence-corrected chi connectivity index (χ0v) is 8.98. The molecule has 84 valence electrons. The Kier molecular flexibility index (Phi) is 3.33. The summed E-state index contributed by atoms with van der Waals surface area (Å²) in [4.78, 5) is 4.30. The van der Waals surface area contributed by atoms with Crippen LogP contribution in [0.25, 0.3) is 0 Å². The van der Waals surface area contributed by atoms with Gasteiger partial charge in [-0.05, 0) is 25.7 Å². The van der Waals surface area contributed by atoms with Gasteiger partial charge in [-0.1, -0.05) is 5.16 Å². The molecule has 1 unspecified atom stereocenters. The van der Waals surface area contributed by atoms with Gasteiger partial charge in [-0.25, -0.2) is 0 Å². The maximum atomic E-state index is 5.63. The molecule has 1 aliphatic rings. The van der Waals surface area contributed by atoms with Crippen molar-refractivity contribution >= 4 is 0 Å². The van der Waals surface area contributed by atoms with Crippen LogP contribution in [0.1, 0.15) is 37.6 Å². The highest BCUT2D eigenvalue weighted by Crippen LogP contribution is 2.42. The second kappa shape index (κ2) is 4.72. The highest BCUT2D eigenvalue weighted by atomic mass is 16.5. The van der Waals surface area contributed by atoms with Gasteiger partial charge in [0.2, 0.25) is 11.7 Å². The third kappa shape index (κ3) is 2.54. The van der Waals surface area contributed by atoms with Gasteiger partial charge in [-0.3, -0.25) is 0 Å². The summed E-state index contributed by atoms with van der Waals surface area (Å²) in [5.74, 6) is 1.87. The molecule has 0 aromatic carbocycles. The molecule has 2 rings (SSSR count). The molecular formula is C10H17N3O2. The van der Waals surface area contributed by atoms with Gasteiger partial charge in [-0.15, -0.1) is 0 Å². The molecule has 0 aliphatic heterocycles. The van der Waals surface area contributed by atoms with Gasteiger partial charge in [0.25, 0.3) is 0 Å². The van der Waals surface area contributed by atoms with Crippen molar-refractivity contribution in [2.45, 2.75) is 32.3 Å². The second-order valence-corrected chi connectivity index (χ2v) is 3.80. The highest BCUT2D eigenvalue weighted by molar-refractivity contribution is 4.98. The first-order valence-electron chi connectivity index (χ1n) is 5.49. The molecule has 1 fully saturated rings. The molecule has 5 heteroatoms. The van der Waals surface area contributed by atoms with Crippen LogP contribution in [0.2, 0.25) is 0 Å². The third-order valence-electron chi connectivity index (χ3n) is 2.49. The van der Waals surface area contributed by atoms with Crippen molar-refractivity contribution < 1.29 is 9.26 Å². The van der Waals surface area contributed by atoms with Crippen LogP contribution in [0, 0.1) is 5.92 Å². The van der Waals surface area contributed by atoms with E-state index in [-0.39, 0.29) is 6.10 Å². The molecule has 0 saturated heterocycles. The Balaban J connectivity index is 2.04. The zero-order chi connectivity index (χ0) is 10.7. The van der Waals surface area contributed by atoms with Gasteiger partial charge in [0.05, 0.1) is 0 Å². The lowest BCUT2D eigenvalue weighted by atomic mass is 10.2. The molecule has 1 aromatic rings. The molecule has 0 amide bonds. The lowest BCUT2D eigenvalue weighted by Gasteiger charge is -2.10. The molecule has 0 bridgehead atoms. The molecule has 2 N–H and O–H groups in total. The predicted molar refractivity (Wildman–Crippen MR) is 54.1 cm³/mol. The van der Waals surface area contributed by atoms with Gasteiger partial charge in [0.15, 0.2) is 0 Å². The Bertz CT molecular complexity index is 309. The quantitative estimate of drug-likeness (QED) is 0.761. The van der Waals surface area contributed by atoms with Crippen molar-refractivity contribution in [1.29, 1.82) is 0 Å². The van der Waals surface area contributed by atoms with Crippen LogP contribution in [0.15, 0.2) is 4.52 Å². The van der Waals surface area contributed by atoms with Gasteiger partial charge in [0.1, 0.15) is 6.10 Å². The summed E-state index contributed by atoms with van der Waals surface area (Å²) in [5, 5.41) is 3.95. The van der Waals surface area contributed by atoms with Crippen LogP contribution in [-0.2, 0) is 11.2 Å². The molecule has 5 nitrogen and oxygen atoms in total. The van der Waals surface area contributed by atoms with Gasteiger partial charge < -0.3 is 15.0 Å². The topological polar surface area (TPSA) is 74.2 Å². The lowest BCUT2D eigenvalue weighted by Crippen LogP contribution is -2.09. The number of hydrogen-bond donors (Lipinski definition) is 1. The molecule has 1 aromatic heterocycles. The molecule has 15 heavy (non-hydrogen) atoms. The van der Waals surface area contributed by atoms with E-state index in [1.165, 1.54) is 12.8 Å². The summed E-state index contributed by atoms with van der Waals surface area (Å²) in [5.41, 5.74) is 5.42. The summed E-state index contributed by atoms with van der Waals surface area (Å²) < 4.78 is 10.7.